The number of aryl methyl sites for hydroxylation is 1. The van der Waals surface area contributed by atoms with Crippen LogP contribution in [-0.2, 0) is 10.0 Å². The van der Waals surface area contributed by atoms with Gasteiger partial charge in [0.1, 0.15) is 5.82 Å². The smallest absolute Gasteiger partial charge is 0.257 e. The Kier molecular flexibility index (Phi) is 6.02. The van der Waals surface area contributed by atoms with Crippen molar-refractivity contribution in [1.82, 2.24) is 19.9 Å². The van der Waals surface area contributed by atoms with E-state index in [2.05, 4.69) is 25.2 Å². The van der Waals surface area contributed by atoms with Gasteiger partial charge in [0.05, 0.1) is 15.5 Å². The molecule has 2 aromatic carbocycles. The van der Waals surface area contributed by atoms with Gasteiger partial charge in [-0.3, -0.25) is 9.89 Å². The molecule has 0 unspecified atom stereocenters. The molecule has 0 atom stereocenters. The second-order valence-corrected chi connectivity index (χ2v) is 8.82. The molecule has 1 aromatic heterocycles. The normalized spacial score (nSPS) is 11.6. The van der Waals surface area contributed by atoms with Gasteiger partial charge in [-0.1, -0.05) is 23.7 Å². The predicted octanol–water partition coefficient (Wildman–Crippen LogP) is 3.37. The molecule has 0 aliphatic heterocycles. The van der Waals surface area contributed by atoms with Gasteiger partial charge in [0, 0.05) is 17.3 Å². The molecule has 0 aliphatic carbocycles. The SMILES string of the molecule is Cc1nc(-c2cccc(NC(=O)c3cc(S(=O)(=O)NC(C)C)ccc3Cl)c2)n[nH]1. The summed E-state index contributed by atoms with van der Waals surface area (Å²) in [5, 5.41) is 9.74. The van der Waals surface area contributed by atoms with E-state index in [1.165, 1.54) is 18.2 Å². The molecule has 3 N–H and O–H groups in total. The third-order valence-corrected chi connectivity index (χ3v) is 5.85. The lowest BCUT2D eigenvalue weighted by atomic mass is 10.1. The highest BCUT2D eigenvalue weighted by Gasteiger charge is 2.20. The number of aromatic nitrogens is 3. The number of halogens is 1. The van der Waals surface area contributed by atoms with E-state index >= 15 is 0 Å². The summed E-state index contributed by atoms with van der Waals surface area (Å²) in [5.74, 6) is 0.652. The molecule has 8 nitrogen and oxygen atoms in total. The van der Waals surface area contributed by atoms with E-state index in [-0.39, 0.29) is 21.5 Å². The number of carbonyl (C=O) groups is 1. The predicted molar refractivity (Wildman–Crippen MR) is 111 cm³/mol. The van der Waals surface area contributed by atoms with Crippen LogP contribution < -0.4 is 10.0 Å². The van der Waals surface area contributed by atoms with Crippen molar-refractivity contribution >= 4 is 33.2 Å². The highest BCUT2D eigenvalue weighted by atomic mass is 35.5. The van der Waals surface area contributed by atoms with Gasteiger partial charge >= 0.3 is 0 Å². The third-order valence-electron chi connectivity index (χ3n) is 3.86. The number of aromatic amines is 1. The molecule has 1 amide bonds. The average molecular weight is 434 g/mol. The second kappa shape index (κ2) is 8.32. The minimum atomic E-state index is -3.75. The van der Waals surface area contributed by atoms with Gasteiger partial charge in [-0.2, -0.15) is 5.10 Å². The molecule has 29 heavy (non-hydrogen) atoms. The lowest BCUT2D eigenvalue weighted by Crippen LogP contribution is -2.30. The number of amides is 1. The Hall–Kier alpha value is -2.75. The van der Waals surface area contributed by atoms with Gasteiger partial charge < -0.3 is 5.32 Å². The van der Waals surface area contributed by atoms with E-state index in [9.17, 15) is 13.2 Å². The van der Waals surface area contributed by atoms with Crippen molar-refractivity contribution in [2.75, 3.05) is 5.32 Å². The highest BCUT2D eigenvalue weighted by molar-refractivity contribution is 7.89. The van der Waals surface area contributed by atoms with Crippen molar-refractivity contribution in [2.45, 2.75) is 31.7 Å². The van der Waals surface area contributed by atoms with Crippen LogP contribution in [0.25, 0.3) is 11.4 Å². The largest absolute Gasteiger partial charge is 0.322 e. The average Bonchev–Trinajstić information content (AvgIpc) is 3.07. The first kappa shape index (κ1) is 21.0. The van der Waals surface area contributed by atoms with E-state index in [0.717, 1.165) is 5.56 Å². The maximum Gasteiger partial charge on any atom is 0.257 e. The molecule has 152 valence electrons. The van der Waals surface area contributed by atoms with Crippen LogP contribution in [0.4, 0.5) is 5.69 Å². The van der Waals surface area contributed by atoms with E-state index < -0.39 is 15.9 Å². The maximum atomic E-state index is 12.7. The van der Waals surface area contributed by atoms with Crippen molar-refractivity contribution in [3.63, 3.8) is 0 Å². The zero-order valence-corrected chi connectivity index (χ0v) is 17.6. The van der Waals surface area contributed by atoms with Gasteiger partial charge in [0.2, 0.25) is 10.0 Å². The summed E-state index contributed by atoms with van der Waals surface area (Å²) >= 11 is 6.14. The van der Waals surface area contributed by atoms with Gasteiger partial charge in [-0.05, 0) is 51.1 Å². The molecular weight excluding hydrogens is 414 g/mol. The summed E-state index contributed by atoms with van der Waals surface area (Å²) in [6, 6.07) is 10.7. The van der Waals surface area contributed by atoms with Crippen molar-refractivity contribution < 1.29 is 13.2 Å². The summed E-state index contributed by atoms with van der Waals surface area (Å²) in [5.41, 5.74) is 1.27. The fourth-order valence-corrected chi connectivity index (χ4v) is 4.11. The van der Waals surface area contributed by atoms with Crippen molar-refractivity contribution in [3.8, 4) is 11.4 Å². The van der Waals surface area contributed by atoms with Gasteiger partial charge in [0.25, 0.3) is 5.91 Å². The molecule has 0 radical (unpaired) electrons. The monoisotopic (exact) mass is 433 g/mol. The number of nitrogens with one attached hydrogen (secondary N) is 3. The Bertz CT molecular complexity index is 1160. The van der Waals surface area contributed by atoms with Crippen molar-refractivity contribution in [1.29, 1.82) is 0 Å². The van der Waals surface area contributed by atoms with Crippen LogP contribution in [0.3, 0.4) is 0 Å². The zero-order valence-electron chi connectivity index (χ0n) is 16.0. The molecule has 10 heteroatoms. The maximum absolute atomic E-state index is 12.7. The number of hydrogen-bond acceptors (Lipinski definition) is 5. The Balaban J connectivity index is 1.87. The second-order valence-electron chi connectivity index (χ2n) is 6.70. The molecule has 0 spiro atoms. The zero-order chi connectivity index (χ0) is 21.2. The fourth-order valence-electron chi connectivity index (χ4n) is 2.63. The number of nitrogens with zero attached hydrogens (tertiary/aromatic N) is 2. The molecule has 3 aromatic rings. The quantitative estimate of drug-likeness (QED) is 0.551. The molecule has 0 aliphatic rings. The van der Waals surface area contributed by atoms with Crippen LogP contribution >= 0.6 is 11.6 Å². The van der Waals surface area contributed by atoms with E-state index in [4.69, 9.17) is 11.6 Å². The Morgan fingerprint density at radius 3 is 2.59 bits per heavy atom. The minimum absolute atomic E-state index is 0.0364. The topological polar surface area (TPSA) is 117 Å². The Morgan fingerprint density at radius 1 is 1.17 bits per heavy atom. The molecule has 0 saturated carbocycles. The van der Waals surface area contributed by atoms with Crippen LogP contribution in [0, 0.1) is 6.92 Å². The Morgan fingerprint density at radius 2 is 1.93 bits per heavy atom. The van der Waals surface area contributed by atoms with E-state index in [1.807, 2.05) is 6.07 Å². The summed E-state index contributed by atoms with van der Waals surface area (Å²) in [4.78, 5) is 17.0. The number of anilines is 1. The van der Waals surface area contributed by atoms with Crippen LogP contribution in [0.1, 0.15) is 30.0 Å². The summed E-state index contributed by atoms with van der Waals surface area (Å²) in [7, 11) is -3.75. The van der Waals surface area contributed by atoms with E-state index in [1.54, 1.807) is 39.0 Å². The van der Waals surface area contributed by atoms with Gasteiger partial charge in [-0.25, -0.2) is 18.1 Å². The molecule has 3 rings (SSSR count). The van der Waals surface area contributed by atoms with Crippen LogP contribution in [-0.4, -0.2) is 35.5 Å². The molecule has 0 saturated heterocycles. The summed E-state index contributed by atoms with van der Waals surface area (Å²) in [6.45, 7) is 5.22. The van der Waals surface area contributed by atoms with Gasteiger partial charge in [-0.15, -0.1) is 0 Å². The van der Waals surface area contributed by atoms with Crippen LogP contribution in [0.15, 0.2) is 47.4 Å². The fraction of sp³-hybridized carbons (Fsp3) is 0.211. The highest BCUT2D eigenvalue weighted by Crippen LogP contribution is 2.24. The summed E-state index contributed by atoms with van der Waals surface area (Å²) in [6.07, 6.45) is 0. The first-order valence-corrected chi connectivity index (χ1v) is 10.6. The minimum Gasteiger partial charge on any atom is -0.322 e. The molecular formula is C19H20ClN5O3S. The standard InChI is InChI=1S/C19H20ClN5O3S/c1-11(2)25-29(27,28)15-7-8-17(20)16(10-15)19(26)22-14-6-4-5-13(9-14)18-21-12(3)23-24-18/h4-11,25H,1-3H3,(H,22,26)(H,21,23,24). The lowest BCUT2D eigenvalue weighted by molar-refractivity contribution is 0.102. The van der Waals surface area contributed by atoms with Gasteiger partial charge in [0.15, 0.2) is 5.82 Å². The Labute approximate surface area is 173 Å². The number of H-pyrrole nitrogens is 1. The number of hydrogen-bond donors (Lipinski definition) is 3. The number of rotatable bonds is 6. The van der Waals surface area contributed by atoms with Crippen molar-refractivity contribution in [3.05, 3.63) is 58.9 Å². The number of carbonyl (C=O) groups excluding carboxylic acids is 1. The lowest BCUT2D eigenvalue weighted by Gasteiger charge is -2.12. The van der Waals surface area contributed by atoms with E-state index in [0.29, 0.717) is 17.3 Å². The molecule has 1 heterocycles. The molecule has 0 fully saturated rings. The van der Waals surface area contributed by atoms with Crippen molar-refractivity contribution in [2.24, 2.45) is 0 Å². The van der Waals surface area contributed by atoms with Crippen LogP contribution in [0.5, 0.6) is 0 Å². The summed E-state index contributed by atoms with van der Waals surface area (Å²) < 4.78 is 27.3. The first-order chi connectivity index (χ1) is 13.7. The van der Waals surface area contributed by atoms with Crippen LogP contribution in [0.2, 0.25) is 5.02 Å². The third kappa shape index (κ3) is 5.00. The number of sulfonamides is 1. The first-order valence-electron chi connectivity index (χ1n) is 8.78. The number of benzene rings is 2. The molecule has 0 bridgehead atoms.